The predicted molar refractivity (Wildman–Crippen MR) is 101 cm³/mol. The molecule has 0 saturated heterocycles. The molecule has 7 heteroatoms. The number of nitrogens with one attached hydrogen (secondary N) is 1. The first-order chi connectivity index (χ1) is 13.0. The van der Waals surface area contributed by atoms with Crippen LogP contribution in [0.15, 0.2) is 42.5 Å². The van der Waals surface area contributed by atoms with Crippen LogP contribution in [0.4, 0.5) is 0 Å². The molecule has 0 unspecified atom stereocenters. The zero-order chi connectivity index (χ0) is 19.6. The van der Waals surface area contributed by atoms with Crippen LogP contribution in [0.1, 0.15) is 6.92 Å². The largest absolute Gasteiger partial charge is 0.497 e. The smallest absolute Gasteiger partial charge is 0.258 e. The van der Waals surface area contributed by atoms with Gasteiger partial charge in [0.05, 0.1) is 27.4 Å². The lowest BCUT2D eigenvalue weighted by molar-refractivity contribution is -0.123. The Bertz CT molecular complexity index is 710. The molecule has 0 heterocycles. The molecule has 1 atom stereocenters. The van der Waals surface area contributed by atoms with Crippen molar-refractivity contribution in [2.45, 2.75) is 13.0 Å². The molecule has 0 aliphatic rings. The van der Waals surface area contributed by atoms with E-state index < -0.39 is 0 Å². The number of amides is 1. The number of ether oxygens (including phenoxy) is 5. The number of carbonyl (C=O) groups excluding carboxylic acids is 1. The minimum absolute atomic E-state index is 0.122. The van der Waals surface area contributed by atoms with Crippen molar-refractivity contribution in [1.82, 2.24) is 5.32 Å². The fourth-order valence-electron chi connectivity index (χ4n) is 2.26. The van der Waals surface area contributed by atoms with E-state index in [9.17, 15) is 4.79 Å². The van der Waals surface area contributed by atoms with Crippen LogP contribution in [0.5, 0.6) is 28.7 Å². The van der Waals surface area contributed by atoms with Gasteiger partial charge in [0.15, 0.2) is 6.61 Å². The molecule has 2 rings (SSSR count). The Morgan fingerprint density at radius 2 is 1.33 bits per heavy atom. The maximum atomic E-state index is 12.1. The highest BCUT2D eigenvalue weighted by Crippen LogP contribution is 2.27. The average Bonchev–Trinajstić information content (AvgIpc) is 2.70. The first kappa shape index (κ1) is 20.2. The summed E-state index contributed by atoms with van der Waals surface area (Å²) in [6.45, 7) is 2.07. The van der Waals surface area contributed by atoms with Gasteiger partial charge in [0.25, 0.3) is 5.91 Å². The van der Waals surface area contributed by atoms with Crippen molar-refractivity contribution in [3.05, 3.63) is 42.5 Å². The summed E-state index contributed by atoms with van der Waals surface area (Å²) in [4.78, 5) is 12.1. The lowest BCUT2D eigenvalue weighted by atomic mass is 10.3. The molecule has 0 fully saturated rings. The summed E-state index contributed by atoms with van der Waals surface area (Å²) in [6, 6.07) is 12.2. The Balaban J connectivity index is 1.77. The Hall–Kier alpha value is -3.09. The quantitative estimate of drug-likeness (QED) is 0.688. The molecule has 7 nitrogen and oxygen atoms in total. The Morgan fingerprint density at radius 3 is 1.89 bits per heavy atom. The fraction of sp³-hybridized carbons (Fsp3) is 0.350. The molecule has 146 valence electrons. The summed E-state index contributed by atoms with van der Waals surface area (Å²) in [6.07, 6.45) is 0. The SMILES string of the molecule is COc1ccc(OC[C@@H](C)NC(=O)COc2cc(OC)cc(OC)c2)cc1. The first-order valence-corrected chi connectivity index (χ1v) is 8.46. The summed E-state index contributed by atoms with van der Waals surface area (Å²) in [5.74, 6) is 2.88. The van der Waals surface area contributed by atoms with E-state index in [1.807, 2.05) is 31.2 Å². The van der Waals surface area contributed by atoms with Gasteiger partial charge in [-0.3, -0.25) is 4.79 Å². The van der Waals surface area contributed by atoms with Gasteiger partial charge < -0.3 is 29.0 Å². The lowest BCUT2D eigenvalue weighted by Crippen LogP contribution is -2.39. The van der Waals surface area contributed by atoms with E-state index in [1.165, 1.54) is 0 Å². The third kappa shape index (κ3) is 6.62. The van der Waals surface area contributed by atoms with Crippen LogP contribution < -0.4 is 29.0 Å². The van der Waals surface area contributed by atoms with Gasteiger partial charge >= 0.3 is 0 Å². The van der Waals surface area contributed by atoms with Crippen molar-refractivity contribution < 1.29 is 28.5 Å². The van der Waals surface area contributed by atoms with Crippen molar-refractivity contribution in [3.63, 3.8) is 0 Å². The van der Waals surface area contributed by atoms with E-state index in [-0.39, 0.29) is 18.6 Å². The molecule has 0 aliphatic carbocycles. The molecule has 1 amide bonds. The summed E-state index contributed by atoms with van der Waals surface area (Å²) in [5.41, 5.74) is 0. The van der Waals surface area contributed by atoms with Crippen LogP contribution in [-0.4, -0.2) is 46.5 Å². The highest BCUT2D eigenvalue weighted by Gasteiger charge is 2.10. The van der Waals surface area contributed by atoms with Crippen LogP contribution in [0.25, 0.3) is 0 Å². The predicted octanol–water partition coefficient (Wildman–Crippen LogP) is 2.67. The van der Waals surface area contributed by atoms with Crippen LogP contribution in [0, 0.1) is 0 Å². The second-order valence-corrected chi connectivity index (χ2v) is 5.79. The summed E-state index contributed by atoms with van der Waals surface area (Å²) >= 11 is 0. The third-order valence-electron chi connectivity index (χ3n) is 3.66. The highest BCUT2D eigenvalue weighted by atomic mass is 16.5. The second-order valence-electron chi connectivity index (χ2n) is 5.79. The van der Waals surface area contributed by atoms with Gasteiger partial charge in [-0.2, -0.15) is 0 Å². The topological polar surface area (TPSA) is 75.3 Å². The lowest BCUT2D eigenvalue weighted by Gasteiger charge is -2.16. The monoisotopic (exact) mass is 375 g/mol. The number of methoxy groups -OCH3 is 3. The van der Waals surface area contributed by atoms with Gasteiger partial charge in [0, 0.05) is 18.2 Å². The molecule has 0 bridgehead atoms. The average molecular weight is 375 g/mol. The van der Waals surface area contributed by atoms with Crippen molar-refractivity contribution in [2.75, 3.05) is 34.5 Å². The first-order valence-electron chi connectivity index (χ1n) is 8.46. The molecular formula is C20H25NO6. The standard InChI is InChI=1S/C20H25NO6/c1-14(12-26-16-7-5-15(23-2)6-8-16)21-20(22)13-27-19-10-17(24-3)9-18(11-19)25-4/h5-11,14H,12-13H2,1-4H3,(H,21,22)/t14-/m1/s1. The fourth-order valence-corrected chi connectivity index (χ4v) is 2.26. The number of hydrogen-bond donors (Lipinski definition) is 1. The Kier molecular flexibility index (Phi) is 7.61. The van der Waals surface area contributed by atoms with Crippen molar-refractivity contribution in [2.24, 2.45) is 0 Å². The number of benzene rings is 2. The molecule has 0 aliphatic heterocycles. The van der Waals surface area contributed by atoms with Crippen LogP contribution in [-0.2, 0) is 4.79 Å². The van der Waals surface area contributed by atoms with E-state index in [4.69, 9.17) is 23.7 Å². The highest BCUT2D eigenvalue weighted by molar-refractivity contribution is 5.77. The van der Waals surface area contributed by atoms with Crippen molar-refractivity contribution in [3.8, 4) is 28.7 Å². The molecule has 27 heavy (non-hydrogen) atoms. The van der Waals surface area contributed by atoms with Gasteiger partial charge in [-0.25, -0.2) is 0 Å². The van der Waals surface area contributed by atoms with Crippen molar-refractivity contribution >= 4 is 5.91 Å². The zero-order valence-electron chi connectivity index (χ0n) is 16.0. The second kappa shape index (κ2) is 10.2. The van der Waals surface area contributed by atoms with Gasteiger partial charge in [0.2, 0.25) is 0 Å². The molecule has 1 N–H and O–H groups in total. The van der Waals surface area contributed by atoms with Gasteiger partial charge in [0.1, 0.15) is 35.4 Å². The molecule has 0 radical (unpaired) electrons. The molecule has 2 aromatic rings. The van der Waals surface area contributed by atoms with Crippen molar-refractivity contribution in [1.29, 1.82) is 0 Å². The van der Waals surface area contributed by atoms with E-state index in [1.54, 1.807) is 39.5 Å². The van der Waals surface area contributed by atoms with Gasteiger partial charge in [-0.1, -0.05) is 0 Å². The summed E-state index contributed by atoms with van der Waals surface area (Å²) in [7, 11) is 4.71. The van der Waals surface area contributed by atoms with Crippen LogP contribution in [0.3, 0.4) is 0 Å². The molecule has 2 aromatic carbocycles. The van der Waals surface area contributed by atoms with E-state index in [2.05, 4.69) is 5.32 Å². The molecule has 0 saturated carbocycles. The number of rotatable bonds is 10. The summed E-state index contributed by atoms with van der Waals surface area (Å²) in [5, 5.41) is 2.82. The van der Waals surface area contributed by atoms with E-state index in [0.717, 1.165) is 5.75 Å². The van der Waals surface area contributed by atoms with E-state index >= 15 is 0 Å². The Morgan fingerprint density at radius 1 is 0.815 bits per heavy atom. The minimum atomic E-state index is -0.248. The molecule has 0 aromatic heterocycles. The zero-order valence-corrected chi connectivity index (χ0v) is 16.0. The Labute approximate surface area is 159 Å². The van der Waals surface area contributed by atoms with Gasteiger partial charge in [-0.05, 0) is 31.2 Å². The molecular weight excluding hydrogens is 350 g/mol. The number of carbonyl (C=O) groups is 1. The van der Waals surface area contributed by atoms with Crippen LogP contribution >= 0.6 is 0 Å². The maximum absolute atomic E-state index is 12.1. The normalized spacial score (nSPS) is 11.3. The van der Waals surface area contributed by atoms with Crippen LogP contribution in [0.2, 0.25) is 0 Å². The number of hydrogen-bond acceptors (Lipinski definition) is 6. The van der Waals surface area contributed by atoms with Gasteiger partial charge in [-0.15, -0.1) is 0 Å². The minimum Gasteiger partial charge on any atom is -0.497 e. The van der Waals surface area contributed by atoms with E-state index in [0.29, 0.717) is 29.6 Å². The summed E-state index contributed by atoms with van der Waals surface area (Å²) < 4.78 is 26.6. The maximum Gasteiger partial charge on any atom is 0.258 e. The molecule has 0 spiro atoms. The third-order valence-corrected chi connectivity index (χ3v) is 3.66.